The molecular weight excluding hydrogens is 431 g/mol. The molecule has 0 aliphatic carbocycles. The second-order valence-electron chi connectivity index (χ2n) is 7.64. The third-order valence-electron chi connectivity index (χ3n) is 5.48. The van der Waals surface area contributed by atoms with E-state index < -0.39 is 29.3 Å². The maximum Gasteiger partial charge on any atom is 0.263 e. The standard InChI is InChI=1S/C22H23FN6O4/c1-22(19(30)20(31)26-15-3-2-14(13-24)17(23)12-15)21(32)28(10-11-33-22)18-6-9-29(27-18)16-4-7-25-8-5-16/h2-9,12,19,30H,10-11,13,24H2,1H3,(H,26,31)/t19-,22?/m0/s1. The Kier molecular flexibility index (Phi) is 6.18. The molecule has 0 saturated carbocycles. The molecule has 1 aliphatic rings. The van der Waals surface area contributed by atoms with Gasteiger partial charge in [0.15, 0.2) is 17.5 Å². The Morgan fingerprint density at radius 1 is 1.33 bits per heavy atom. The Balaban J connectivity index is 1.51. The maximum absolute atomic E-state index is 14.0. The number of nitrogens with one attached hydrogen (secondary N) is 1. The number of hydrogen-bond donors (Lipinski definition) is 3. The number of benzene rings is 1. The molecule has 33 heavy (non-hydrogen) atoms. The van der Waals surface area contributed by atoms with Gasteiger partial charge in [-0.25, -0.2) is 9.07 Å². The summed E-state index contributed by atoms with van der Waals surface area (Å²) in [6.45, 7) is 1.62. The van der Waals surface area contributed by atoms with Crippen molar-refractivity contribution in [2.75, 3.05) is 23.4 Å². The Labute approximate surface area is 188 Å². The first-order chi connectivity index (χ1) is 15.8. The molecule has 1 aliphatic heterocycles. The summed E-state index contributed by atoms with van der Waals surface area (Å²) in [7, 11) is 0. The molecule has 2 amide bonds. The van der Waals surface area contributed by atoms with Crippen molar-refractivity contribution in [1.82, 2.24) is 14.8 Å². The van der Waals surface area contributed by atoms with Gasteiger partial charge in [0, 0.05) is 42.5 Å². The molecule has 3 heterocycles. The minimum Gasteiger partial charge on any atom is -0.380 e. The summed E-state index contributed by atoms with van der Waals surface area (Å²) in [5.74, 6) is -1.77. The van der Waals surface area contributed by atoms with Gasteiger partial charge in [0.25, 0.3) is 11.8 Å². The van der Waals surface area contributed by atoms with Crippen LogP contribution in [0.3, 0.4) is 0 Å². The molecule has 0 spiro atoms. The predicted molar refractivity (Wildman–Crippen MR) is 117 cm³/mol. The van der Waals surface area contributed by atoms with Crippen molar-refractivity contribution in [3.8, 4) is 5.69 Å². The van der Waals surface area contributed by atoms with Crippen molar-refractivity contribution in [2.45, 2.75) is 25.2 Å². The molecular formula is C22H23FN6O4. The van der Waals surface area contributed by atoms with Gasteiger partial charge >= 0.3 is 0 Å². The third-order valence-corrected chi connectivity index (χ3v) is 5.48. The van der Waals surface area contributed by atoms with Gasteiger partial charge in [0.2, 0.25) is 0 Å². The molecule has 3 aromatic rings. The van der Waals surface area contributed by atoms with Crippen LogP contribution in [0.25, 0.3) is 5.69 Å². The summed E-state index contributed by atoms with van der Waals surface area (Å²) in [5, 5.41) is 17.6. The molecule has 2 atom stereocenters. The number of carbonyl (C=O) groups excluding carboxylic acids is 2. The van der Waals surface area contributed by atoms with Crippen LogP contribution in [-0.2, 0) is 20.9 Å². The van der Waals surface area contributed by atoms with E-state index >= 15 is 0 Å². The largest absolute Gasteiger partial charge is 0.380 e. The van der Waals surface area contributed by atoms with Gasteiger partial charge < -0.3 is 20.9 Å². The fourth-order valence-electron chi connectivity index (χ4n) is 3.54. The van der Waals surface area contributed by atoms with Crippen molar-refractivity contribution >= 4 is 23.3 Å². The van der Waals surface area contributed by atoms with Gasteiger partial charge in [0.1, 0.15) is 5.82 Å². The van der Waals surface area contributed by atoms with Crippen molar-refractivity contribution < 1.29 is 23.8 Å². The number of nitrogens with zero attached hydrogens (tertiary/aromatic N) is 4. The highest BCUT2D eigenvalue weighted by atomic mass is 19.1. The van der Waals surface area contributed by atoms with E-state index in [0.29, 0.717) is 5.82 Å². The average molecular weight is 454 g/mol. The van der Waals surface area contributed by atoms with Crippen molar-refractivity contribution in [2.24, 2.45) is 5.73 Å². The van der Waals surface area contributed by atoms with E-state index in [4.69, 9.17) is 10.5 Å². The van der Waals surface area contributed by atoms with Crippen LogP contribution in [0, 0.1) is 5.82 Å². The number of morpholine rings is 1. The number of pyridine rings is 1. The fourth-order valence-corrected chi connectivity index (χ4v) is 3.54. The Morgan fingerprint density at radius 3 is 2.79 bits per heavy atom. The van der Waals surface area contributed by atoms with Crippen LogP contribution in [-0.4, -0.2) is 56.5 Å². The van der Waals surface area contributed by atoms with Crippen LogP contribution < -0.4 is 16.0 Å². The minimum atomic E-state index is -1.86. The van der Waals surface area contributed by atoms with E-state index in [9.17, 15) is 19.1 Å². The Hall–Kier alpha value is -3.67. The number of hydrogen-bond acceptors (Lipinski definition) is 7. The first-order valence-corrected chi connectivity index (χ1v) is 10.2. The lowest BCUT2D eigenvalue weighted by Gasteiger charge is -2.40. The molecule has 4 N–H and O–H groups in total. The smallest absolute Gasteiger partial charge is 0.263 e. The Bertz CT molecular complexity index is 1170. The highest BCUT2D eigenvalue weighted by Crippen LogP contribution is 2.28. The molecule has 1 unspecified atom stereocenters. The van der Waals surface area contributed by atoms with Gasteiger partial charge in [-0.1, -0.05) is 6.07 Å². The second-order valence-corrected chi connectivity index (χ2v) is 7.64. The van der Waals surface area contributed by atoms with E-state index in [1.54, 1.807) is 41.5 Å². The number of carbonyl (C=O) groups is 2. The van der Waals surface area contributed by atoms with Gasteiger partial charge in [-0.05, 0) is 31.2 Å². The molecule has 0 radical (unpaired) electrons. The van der Waals surface area contributed by atoms with Crippen LogP contribution in [0.4, 0.5) is 15.9 Å². The minimum absolute atomic E-state index is 0.00978. The predicted octanol–water partition coefficient (Wildman–Crippen LogP) is 0.987. The molecule has 1 aromatic carbocycles. The molecule has 11 heteroatoms. The van der Waals surface area contributed by atoms with E-state index in [1.807, 2.05) is 0 Å². The normalized spacial score (nSPS) is 19.4. The van der Waals surface area contributed by atoms with E-state index in [0.717, 1.165) is 11.8 Å². The maximum atomic E-state index is 14.0. The van der Waals surface area contributed by atoms with Crippen LogP contribution in [0.15, 0.2) is 55.0 Å². The van der Waals surface area contributed by atoms with Gasteiger partial charge in [-0.2, -0.15) is 0 Å². The fraction of sp³-hybridized carbons (Fsp3) is 0.273. The number of rotatable bonds is 6. The molecule has 1 fully saturated rings. The van der Waals surface area contributed by atoms with Gasteiger partial charge in [0.05, 0.1) is 18.8 Å². The lowest BCUT2D eigenvalue weighted by Crippen LogP contribution is -2.63. The number of amides is 2. The van der Waals surface area contributed by atoms with Crippen LogP contribution in [0.1, 0.15) is 12.5 Å². The number of anilines is 2. The highest BCUT2D eigenvalue weighted by Gasteiger charge is 2.51. The van der Waals surface area contributed by atoms with E-state index in [1.165, 1.54) is 24.0 Å². The topological polar surface area (TPSA) is 136 Å². The van der Waals surface area contributed by atoms with Crippen LogP contribution in [0.2, 0.25) is 0 Å². The number of aliphatic hydroxyl groups excluding tert-OH is 1. The molecule has 1 saturated heterocycles. The zero-order valence-electron chi connectivity index (χ0n) is 17.8. The van der Waals surface area contributed by atoms with E-state index in [-0.39, 0.29) is 30.9 Å². The monoisotopic (exact) mass is 454 g/mol. The number of halogens is 1. The SMILES string of the molecule is CC1([C@@H](O)C(=O)Nc2ccc(CN)c(F)c2)OCCN(c2ccn(-c3ccncc3)n2)C1=O. The summed E-state index contributed by atoms with van der Waals surface area (Å²) in [6.07, 6.45) is 3.08. The molecule has 10 nitrogen and oxygen atoms in total. The summed E-state index contributed by atoms with van der Waals surface area (Å²) >= 11 is 0. The van der Waals surface area contributed by atoms with E-state index in [2.05, 4.69) is 15.4 Å². The van der Waals surface area contributed by atoms with Gasteiger partial charge in [-0.15, -0.1) is 5.10 Å². The van der Waals surface area contributed by atoms with Crippen molar-refractivity contribution in [3.63, 3.8) is 0 Å². The van der Waals surface area contributed by atoms with Crippen molar-refractivity contribution in [1.29, 1.82) is 0 Å². The second kappa shape index (κ2) is 9.06. The zero-order chi connectivity index (χ0) is 23.6. The highest BCUT2D eigenvalue weighted by molar-refractivity contribution is 6.05. The lowest BCUT2D eigenvalue weighted by molar-refractivity contribution is -0.170. The average Bonchev–Trinajstić information content (AvgIpc) is 3.31. The zero-order valence-corrected chi connectivity index (χ0v) is 17.8. The van der Waals surface area contributed by atoms with Gasteiger partial charge in [-0.3, -0.25) is 19.5 Å². The first kappa shape index (κ1) is 22.5. The lowest BCUT2D eigenvalue weighted by atomic mass is 9.94. The molecule has 2 aromatic heterocycles. The summed E-state index contributed by atoms with van der Waals surface area (Å²) in [5.41, 5.74) is 4.74. The first-order valence-electron chi connectivity index (χ1n) is 10.2. The molecule has 4 rings (SSSR count). The number of ether oxygens (including phenoxy) is 1. The van der Waals surface area contributed by atoms with Crippen LogP contribution >= 0.6 is 0 Å². The number of aromatic nitrogens is 3. The summed E-state index contributed by atoms with van der Waals surface area (Å²) < 4.78 is 21.1. The number of aliphatic hydroxyl groups is 1. The molecule has 172 valence electrons. The van der Waals surface area contributed by atoms with Crippen LogP contribution in [0.5, 0.6) is 0 Å². The summed E-state index contributed by atoms with van der Waals surface area (Å²) in [6, 6.07) is 9.16. The summed E-state index contributed by atoms with van der Waals surface area (Å²) in [4.78, 5) is 31.3. The third kappa shape index (κ3) is 4.33. The number of nitrogens with two attached hydrogens (primary N) is 1. The van der Waals surface area contributed by atoms with Crippen molar-refractivity contribution in [3.05, 3.63) is 66.4 Å². The molecule has 0 bridgehead atoms. The Morgan fingerprint density at radius 2 is 2.09 bits per heavy atom. The quantitative estimate of drug-likeness (QED) is 0.505.